The van der Waals surface area contributed by atoms with Crippen molar-refractivity contribution in [3.63, 3.8) is 0 Å². The van der Waals surface area contributed by atoms with Gasteiger partial charge in [0.1, 0.15) is 0 Å². The monoisotopic (exact) mass is 184 g/mol. The summed E-state index contributed by atoms with van der Waals surface area (Å²) in [6.45, 7) is 0.196. The predicted molar refractivity (Wildman–Crippen MR) is 46.0 cm³/mol. The number of amides is 1. The summed E-state index contributed by atoms with van der Waals surface area (Å²) in [5.41, 5.74) is 0. The first-order valence-corrected chi connectivity index (χ1v) is 3.77. The molecule has 0 aromatic carbocycles. The molecule has 1 rings (SSSR count). The third kappa shape index (κ3) is 2.39. The highest BCUT2D eigenvalue weighted by molar-refractivity contribution is 5.79. The van der Waals surface area contributed by atoms with Gasteiger partial charge in [-0.05, 0) is 10.4 Å². The minimum absolute atomic E-state index is 0.0250. The van der Waals surface area contributed by atoms with E-state index in [4.69, 9.17) is 0 Å². The maximum Gasteiger partial charge on any atom is 0.243 e. The number of nitrogens with one attached hydrogen (secondary N) is 1. The Balaban J connectivity index is 2.44. The number of aryl methyl sites for hydroxylation is 1. The van der Waals surface area contributed by atoms with Crippen LogP contribution < -0.4 is 5.32 Å². The summed E-state index contributed by atoms with van der Waals surface area (Å²) in [6.07, 6.45) is 0. The molecule has 0 aliphatic heterocycles. The van der Waals surface area contributed by atoms with Gasteiger partial charge in [0, 0.05) is 21.1 Å². The summed E-state index contributed by atoms with van der Waals surface area (Å²) in [6, 6.07) is 0. The van der Waals surface area contributed by atoms with Gasteiger partial charge >= 0.3 is 0 Å². The summed E-state index contributed by atoms with van der Waals surface area (Å²) in [5, 5.41) is 13.5. The standard InChI is InChI=1S/C6H12N6O/c1-11(2)5(13)4-7-6-8-9-10-12(6)3/h4H2,1-3H3,(H,7,8,10). The molecule has 13 heavy (non-hydrogen) atoms. The minimum Gasteiger partial charge on any atom is -0.347 e. The highest BCUT2D eigenvalue weighted by atomic mass is 16.2. The summed E-state index contributed by atoms with van der Waals surface area (Å²) in [4.78, 5) is 12.6. The number of hydrogen-bond donors (Lipinski definition) is 1. The molecule has 72 valence electrons. The van der Waals surface area contributed by atoms with E-state index in [1.807, 2.05) is 0 Å². The second kappa shape index (κ2) is 3.83. The number of aromatic nitrogens is 4. The first kappa shape index (κ1) is 9.43. The molecule has 0 aliphatic carbocycles. The first-order chi connectivity index (χ1) is 6.11. The molecule has 0 radical (unpaired) electrons. The van der Waals surface area contributed by atoms with Crippen LogP contribution >= 0.6 is 0 Å². The Labute approximate surface area is 75.7 Å². The van der Waals surface area contributed by atoms with Crippen molar-refractivity contribution in [2.45, 2.75) is 0 Å². The first-order valence-electron chi connectivity index (χ1n) is 3.77. The Morgan fingerprint density at radius 3 is 2.77 bits per heavy atom. The molecule has 1 N–H and O–H groups in total. The maximum absolute atomic E-state index is 11.1. The second-order valence-corrected chi connectivity index (χ2v) is 2.77. The quantitative estimate of drug-likeness (QED) is 0.632. The Hall–Kier alpha value is -1.66. The smallest absolute Gasteiger partial charge is 0.243 e. The average Bonchev–Trinajstić information content (AvgIpc) is 2.47. The molecule has 7 heteroatoms. The molecule has 0 saturated carbocycles. The molecular weight excluding hydrogens is 172 g/mol. The maximum atomic E-state index is 11.1. The van der Waals surface area contributed by atoms with Crippen molar-refractivity contribution in [2.75, 3.05) is 26.0 Å². The zero-order chi connectivity index (χ0) is 9.84. The van der Waals surface area contributed by atoms with E-state index in [1.165, 1.54) is 9.58 Å². The molecule has 1 aromatic heterocycles. The lowest BCUT2D eigenvalue weighted by Gasteiger charge is -2.10. The van der Waals surface area contributed by atoms with Gasteiger partial charge in [-0.15, -0.1) is 0 Å². The number of tetrazole rings is 1. The third-order valence-corrected chi connectivity index (χ3v) is 1.52. The van der Waals surface area contributed by atoms with E-state index in [0.717, 1.165) is 0 Å². The van der Waals surface area contributed by atoms with E-state index in [2.05, 4.69) is 20.8 Å². The summed E-state index contributed by atoms with van der Waals surface area (Å²) < 4.78 is 1.46. The van der Waals surface area contributed by atoms with Crippen molar-refractivity contribution in [3.05, 3.63) is 0 Å². The van der Waals surface area contributed by atoms with Crippen molar-refractivity contribution in [1.82, 2.24) is 25.1 Å². The van der Waals surface area contributed by atoms with Crippen LogP contribution in [0.15, 0.2) is 0 Å². The van der Waals surface area contributed by atoms with Crippen LogP contribution in [-0.2, 0) is 11.8 Å². The molecule has 0 aliphatic rings. The molecule has 1 amide bonds. The van der Waals surface area contributed by atoms with Gasteiger partial charge in [-0.25, -0.2) is 4.68 Å². The normalized spacial score (nSPS) is 9.77. The number of carbonyl (C=O) groups excluding carboxylic acids is 1. The van der Waals surface area contributed by atoms with Crippen LogP contribution in [0.1, 0.15) is 0 Å². The van der Waals surface area contributed by atoms with Crippen LogP contribution in [0, 0.1) is 0 Å². The molecule has 0 saturated heterocycles. The lowest BCUT2D eigenvalue weighted by molar-refractivity contribution is -0.126. The minimum atomic E-state index is -0.0250. The second-order valence-electron chi connectivity index (χ2n) is 2.77. The van der Waals surface area contributed by atoms with E-state index in [0.29, 0.717) is 5.95 Å². The molecule has 7 nitrogen and oxygen atoms in total. The van der Waals surface area contributed by atoms with Crippen LogP contribution in [0.4, 0.5) is 5.95 Å². The molecule has 0 fully saturated rings. The Morgan fingerprint density at radius 2 is 2.31 bits per heavy atom. The number of anilines is 1. The molecule has 1 aromatic rings. The molecule has 0 spiro atoms. The van der Waals surface area contributed by atoms with Crippen LogP contribution in [0.5, 0.6) is 0 Å². The molecule has 0 atom stereocenters. The number of hydrogen-bond acceptors (Lipinski definition) is 5. The van der Waals surface area contributed by atoms with Crippen molar-refractivity contribution in [3.8, 4) is 0 Å². The Kier molecular flexibility index (Phi) is 2.78. The molecule has 0 bridgehead atoms. The summed E-state index contributed by atoms with van der Waals surface area (Å²) >= 11 is 0. The SMILES string of the molecule is CN(C)C(=O)CNc1nnnn1C. The largest absolute Gasteiger partial charge is 0.347 e. The van der Waals surface area contributed by atoms with E-state index in [9.17, 15) is 4.79 Å². The highest BCUT2D eigenvalue weighted by Gasteiger charge is 2.05. The van der Waals surface area contributed by atoms with Crippen LogP contribution in [0.3, 0.4) is 0 Å². The zero-order valence-electron chi connectivity index (χ0n) is 7.85. The van der Waals surface area contributed by atoms with Crippen molar-refractivity contribution in [1.29, 1.82) is 0 Å². The fourth-order valence-electron chi connectivity index (χ4n) is 0.692. The topological polar surface area (TPSA) is 75.9 Å². The fraction of sp³-hybridized carbons (Fsp3) is 0.667. The number of carbonyl (C=O) groups is 1. The molecular formula is C6H12N6O. The van der Waals surface area contributed by atoms with Gasteiger partial charge < -0.3 is 10.2 Å². The van der Waals surface area contributed by atoms with Crippen molar-refractivity contribution < 1.29 is 4.79 Å². The summed E-state index contributed by atoms with van der Waals surface area (Å²) in [7, 11) is 5.08. The Morgan fingerprint density at radius 1 is 1.62 bits per heavy atom. The average molecular weight is 184 g/mol. The highest BCUT2D eigenvalue weighted by Crippen LogP contribution is 1.94. The van der Waals surface area contributed by atoms with Gasteiger partial charge in [0.15, 0.2) is 0 Å². The van der Waals surface area contributed by atoms with Crippen LogP contribution in [0.25, 0.3) is 0 Å². The number of likely N-dealkylation sites (N-methyl/N-ethyl adjacent to an activating group) is 1. The number of nitrogens with zero attached hydrogens (tertiary/aromatic N) is 5. The van der Waals surface area contributed by atoms with Gasteiger partial charge in [-0.2, -0.15) is 0 Å². The van der Waals surface area contributed by atoms with E-state index >= 15 is 0 Å². The zero-order valence-corrected chi connectivity index (χ0v) is 7.85. The lowest BCUT2D eigenvalue weighted by atomic mass is 10.5. The lowest BCUT2D eigenvalue weighted by Crippen LogP contribution is -2.29. The van der Waals surface area contributed by atoms with E-state index in [-0.39, 0.29) is 12.5 Å². The van der Waals surface area contributed by atoms with Gasteiger partial charge in [-0.1, -0.05) is 5.10 Å². The third-order valence-electron chi connectivity index (χ3n) is 1.52. The number of rotatable bonds is 3. The van der Waals surface area contributed by atoms with Crippen molar-refractivity contribution >= 4 is 11.9 Å². The summed E-state index contributed by atoms with van der Waals surface area (Å²) in [5.74, 6) is 0.457. The van der Waals surface area contributed by atoms with Gasteiger partial charge in [0.2, 0.25) is 11.9 Å². The molecule has 0 unspecified atom stereocenters. The van der Waals surface area contributed by atoms with E-state index < -0.39 is 0 Å². The van der Waals surface area contributed by atoms with Gasteiger partial charge in [0.25, 0.3) is 0 Å². The Bertz CT molecular complexity index is 293. The van der Waals surface area contributed by atoms with Crippen molar-refractivity contribution in [2.24, 2.45) is 7.05 Å². The van der Waals surface area contributed by atoms with Gasteiger partial charge in [0.05, 0.1) is 6.54 Å². The van der Waals surface area contributed by atoms with Crippen LogP contribution in [0.2, 0.25) is 0 Å². The fourth-order valence-corrected chi connectivity index (χ4v) is 0.692. The van der Waals surface area contributed by atoms with Crippen LogP contribution in [-0.4, -0.2) is 51.7 Å². The van der Waals surface area contributed by atoms with E-state index in [1.54, 1.807) is 21.1 Å². The predicted octanol–water partition coefficient (Wildman–Crippen LogP) is -1.29. The van der Waals surface area contributed by atoms with Gasteiger partial charge in [-0.3, -0.25) is 4.79 Å². The molecule has 1 heterocycles.